The van der Waals surface area contributed by atoms with Gasteiger partial charge in [0, 0.05) is 25.0 Å². The summed E-state index contributed by atoms with van der Waals surface area (Å²) in [6.45, 7) is 2.31. The summed E-state index contributed by atoms with van der Waals surface area (Å²) >= 11 is 3.41. The van der Waals surface area contributed by atoms with Crippen LogP contribution in [0.4, 0.5) is 0 Å². The summed E-state index contributed by atoms with van der Waals surface area (Å²) < 4.78 is 0.980. The number of rotatable bonds is 6. The highest BCUT2D eigenvalue weighted by atomic mass is 79.9. The van der Waals surface area contributed by atoms with Gasteiger partial charge in [-0.2, -0.15) is 0 Å². The Morgan fingerprint density at radius 2 is 1.83 bits per heavy atom. The highest BCUT2D eigenvalue weighted by Gasteiger charge is 2.22. The number of hydrogen-bond acceptors (Lipinski definition) is 2. The van der Waals surface area contributed by atoms with Crippen molar-refractivity contribution in [3.8, 4) is 0 Å². The summed E-state index contributed by atoms with van der Waals surface area (Å²) in [6, 6.07) is 7.47. The summed E-state index contributed by atoms with van der Waals surface area (Å²) in [5.41, 5.74) is 0.952. The maximum Gasteiger partial charge on any atom is 0.224 e. The molecule has 0 aromatic heterocycles. The first kappa shape index (κ1) is 19.0. The van der Waals surface area contributed by atoms with E-state index in [0.29, 0.717) is 12.3 Å². The van der Waals surface area contributed by atoms with Crippen LogP contribution in [0, 0.1) is 5.92 Å². The van der Waals surface area contributed by atoms with Gasteiger partial charge in [0.15, 0.2) is 0 Å². The topological polar surface area (TPSA) is 49.4 Å². The molecule has 1 aliphatic carbocycles. The molecule has 1 aromatic rings. The summed E-state index contributed by atoms with van der Waals surface area (Å²) in [5.74, 6) is 0.590. The Morgan fingerprint density at radius 3 is 2.42 bits per heavy atom. The minimum atomic E-state index is -0.281. The lowest BCUT2D eigenvalue weighted by Gasteiger charge is -2.28. The fourth-order valence-corrected chi connectivity index (χ4v) is 3.65. The van der Waals surface area contributed by atoms with Gasteiger partial charge in [0.2, 0.25) is 11.8 Å². The zero-order valence-corrected chi connectivity index (χ0v) is 16.1. The standard InChI is InChI=1S/C19H27BrN2O2/c1-14(23)21-18(16-8-10-17(20)11-9-16)12-19(24)22(2)13-15-6-4-3-5-7-15/h8-11,15,18H,3-7,12-13H2,1-2H3,(H,21,23). The van der Waals surface area contributed by atoms with E-state index in [-0.39, 0.29) is 17.9 Å². The average Bonchev–Trinajstić information content (AvgIpc) is 2.55. The quantitative estimate of drug-likeness (QED) is 0.790. The SMILES string of the molecule is CC(=O)NC(CC(=O)N(C)CC1CCCCC1)c1ccc(Br)cc1. The average molecular weight is 395 g/mol. The third-order valence-corrected chi connectivity index (χ3v) is 5.24. The van der Waals surface area contributed by atoms with Crippen LogP contribution in [0.15, 0.2) is 28.7 Å². The monoisotopic (exact) mass is 394 g/mol. The van der Waals surface area contributed by atoms with Gasteiger partial charge in [-0.15, -0.1) is 0 Å². The zero-order chi connectivity index (χ0) is 17.5. The van der Waals surface area contributed by atoms with Crippen LogP contribution in [0.5, 0.6) is 0 Å². The first-order chi connectivity index (χ1) is 11.5. The molecule has 132 valence electrons. The molecule has 1 fully saturated rings. The Labute approximate surface area is 153 Å². The Hall–Kier alpha value is -1.36. The molecule has 1 aliphatic rings. The van der Waals surface area contributed by atoms with Crippen LogP contribution in [0.1, 0.15) is 57.1 Å². The zero-order valence-electron chi connectivity index (χ0n) is 14.6. The smallest absolute Gasteiger partial charge is 0.224 e. The van der Waals surface area contributed by atoms with Gasteiger partial charge in [0.05, 0.1) is 12.5 Å². The van der Waals surface area contributed by atoms with Crippen LogP contribution >= 0.6 is 15.9 Å². The molecule has 1 unspecified atom stereocenters. The molecule has 0 aliphatic heterocycles. The predicted octanol–water partition coefficient (Wildman–Crippen LogP) is 4.06. The van der Waals surface area contributed by atoms with Gasteiger partial charge in [0.25, 0.3) is 0 Å². The van der Waals surface area contributed by atoms with Gasteiger partial charge in [-0.05, 0) is 36.5 Å². The van der Waals surface area contributed by atoms with Crippen molar-refractivity contribution >= 4 is 27.7 Å². The van der Waals surface area contributed by atoms with E-state index in [1.165, 1.54) is 39.0 Å². The Morgan fingerprint density at radius 1 is 1.21 bits per heavy atom. The number of benzene rings is 1. The summed E-state index contributed by atoms with van der Waals surface area (Å²) in [4.78, 5) is 26.0. The van der Waals surface area contributed by atoms with Gasteiger partial charge >= 0.3 is 0 Å². The number of hydrogen-bond donors (Lipinski definition) is 1. The van der Waals surface area contributed by atoms with Crippen LogP contribution in [0.2, 0.25) is 0 Å². The van der Waals surface area contributed by atoms with E-state index < -0.39 is 0 Å². The Bertz CT molecular complexity index is 553. The molecule has 0 radical (unpaired) electrons. The van der Waals surface area contributed by atoms with Crippen molar-refractivity contribution in [3.63, 3.8) is 0 Å². The van der Waals surface area contributed by atoms with Gasteiger partial charge < -0.3 is 10.2 Å². The normalized spacial score (nSPS) is 16.5. The number of nitrogens with one attached hydrogen (secondary N) is 1. The van der Waals surface area contributed by atoms with Crippen LogP contribution in [-0.2, 0) is 9.59 Å². The van der Waals surface area contributed by atoms with Crippen molar-refractivity contribution in [2.45, 2.75) is 51.5 Å². The lowest BCUT2D eigenvalue weighted by atomic mass is 9.89. The van der Waals surface area contributed by atoms with Crippen LogP contribution in [0.3, 0.4) is 0 Å². The van der Waals surface area contributed by atoms with Crippen molar-refractivity contribution in [2.24, 2.45) is 5.92 Å². The summed E-state index contributed by atoms with van der Waals surface area (Å²) in [5, 5.41) is 2.90. The highest BCUT2D eigenvalue weighted by molar-refractivity contribution is 9.10. The van der Waals surface area contributed by atoms with Crippen molar-refractivity contribution in [3.05, 3.63) is 34.3 Å². The van der Waals surface area contributed by atoms with E-state index >= 15 is 0 Å². The molecule has 0 heterocycles. The molecule has 0 saturated heterocycles. The third-order valence-electron chi connectivity index (χ3n) is 4.71. The van der Waals surface area contributed by atoms with Gasteiger partial charge in [-0.1, -0.05) is 47.3 Å². The fourth-order valence-electron chi connectivity index (χ4n) is 3.38. The van der Waals surface area contributed by atoms with Gasteiger partial charge in [-0.3, -0.25) is 9.59 Å². The van der Waals surface area contributed by atoms with Crippen molar-refractivity contribution in [1.29, 1.82) is 0 Å². The first-order valence-electron chi connectivity index (χ1n) is 8.72. The summed E-state index contributed by atoms with van der Waals surface area (Å²) in [6.07, 6.45) is 6.62. The maximum absolute atomic E-state index is 12.6. The molecule has 5 heteroatoms. The number of halogens is 1. The molecule has 1 atom stereocenters. The van der Waals surface area contributed by atoms with E-state index in [1.807, 2.05) is 36.2 Å². The van der Waals surface area contributed by atoms with Crippen LogP contribution in [-0.4, -0.2) is 30.3 Å². The predicted molar refractivity (Wildman–Crippen MR) is 99.5 cm³/mol. The largest absolute Gasteiger partial charge is 0.349 e. The molecule has 24 heavy (non-hydrogen) atoms. The van der Waals surface area contributed by atoms with Crippen molar-refractivity contribution in [1.82, 2.24) is 10.2 Å². The van der Waals surface area contributed by atoms with Crippen LogP contribution < -0.4 is 5.32 Å². The third kappa shape index (κ3) is 5.93. The summed E-state index contributed by atoms with van der Waals surface area (Å²) in [7, 11) is 1.88. The van der Waals surface area contributed by atoms with E-state index in [1.54, 1.807) is 0 Å². The minimum Gasteiger partial charge on any atom is -0.349 e. The molecule has 1 saturated carbocycles. The number of amides is 2. The lowest BCUT2D eigenvalue weighted by molar-refractivity contribution is -0.131. The van der Waals surface area contributed by atoms with E-state index in [0.717, 1.165) is 16.6 Å². The molecule has 4 nitrogen and oxygen atoms in total. The second-order valence-corrected chi connectivity index (χ2v) is 7.70. The second-order valence-electron chi connectivity index (χ2n) is 6.79. The molecule has 0 spiro atoms. The van der Waals surface area contributed by atoms with E-state index in [9.17, 15) is 9.59 Å². The van der Waals surface area contributed by atoms with Crippen molar-refractivity contribution in [2.75, 3.05) is 13.6 Å². The minimum absolute atomic E-state index is 0.0854. The number of carbonyl (C=O) groups is 2. The molecule has 2 amide bonds. The molecular formula is C19H27BrN2O2. The molecule has 1 N–H and O–H groups in total. The molecular weight excluding hydrogens is 368 g/mol. The highest BCUT2D eigenvalue weighted by Crippen LogP contribution is 2.25. The van der Waals surface area contributed by atoms with E-state index in [4.69, 9.17) is 0 Å². The maximum atomic E-state index is 12.6. The molecule has 0 bridgehead atoms. The molecule has 1 aromatic carbocycles. The number of nitrogens with zero attached hydrogens (tertiary/aromatic N) is 1. The Balaban J connectivity index is 1.97. The lowest BCUT2D eigenvalue weighted by Crippen LogP contribution is -2.36. The van der Waals surface area contributed by atoms with Crippen molar-refractivity contribution < 1.29 is 9.59 Å². The molecule has 2 rings (SSSR count). The fraction of sp³-hybridized carbons (Fsp3) is 0.579. The van der Waals surface area contributed by atoms with E-state index in [2.05, 4.69) is 21.2 Å². The van der Waals surface area contributed by atoms with Gasteiger partial charge in [-0.25, -0.2) is 0 Å². The Kier molecular flexibility index (Phi) is 7.28. The first-order valence-corrected chi connectivity index (χ1v) is 9.51. The number of carbonyl (C=O) groups excluding carboxylic acids is 2. The van der Waals surface area contributed by atoms with Gasteiger partial charge in [0.1, 0.15) is 0 Å². The second kappa shape index (κ2) is 9.21. The van der Waals surface area contributed by atoms with Crippen LogP contribution in [0.25, 0.3) is 0 Å².